The van der Waals surface area contributed by atoms with Gasteiger partial charge < -0.3 is 59.1 Å². The Bertz CT molecular complexity index is 3030. The van der Waals surface area contributed by atoms with Gasteiger partial charge in [-0.1, -0.05) is 218 Å². The van der Waals surface area contributed by atoms with Crippen LogP contribution in [0.5, 0.6) is 0 Å². The van der Waals surface area contributed by atoms with E-state index in [1.54, 1.807) is 24.3 Å². The Morgan fingerprint density at radius 3 is 0.676 bits per heavy atom. The molecule has 0 bridgehead atoms. The molecule has 0 aliphatic heterocycles. The summed E-state index contributed by atoms with van der Waals surface area (Å²) in [6.07, 6.45) is 24.2. The van der Waals surface area contributed by atoms with E-state index < -0.39 is 47.5 Å². The first-order valence-corrected chi connectivity index (χ1v) is 39.6. The number of halogens is 9. The number of carbonyl (C=O) groups excluding carboxylic acids is 5. The maximum atomic E-state index is 14.5. The van der Waals surface area contributed by atoms with E-state index in [0.29, 0.717) is 69.7 Å². The Morgan fingerprint density at radius 2 is 0.486 bits per heavy atom. The molecule has 626 valence electrons. The smallest absolute Gasteiger partial charge is 0.475 e. The number of rotatable bonds is 52. The van der Waals surface area contributed by atoms with E-state index >= 15 is 0 Å². The zero-order valence-corrected chi connectivity index (χ0v) is 65.5. The van der Waals surface area contributed by atoms with Crippen LogP contribution >= 0.6 is 0 Å². The standard InChI is InChI=1S/C77H122N8O5.3C2HF3O2/c1-4-7-10-13-16-19-22-25-28-31-62-81-71(86)50-53-76(54-51-72(87)82-63-32-29-26-23-20-17-14-11-8-5-2,55-52-73(88)83-64-33-30-27-24-21-18-15-12-9-6-3)84-74(89)69-46-42-67(43-47-69)40-38-65-34-36-66(37-35-65)39-41-68-44-48-70(49-45-68)75(90)85-77(56-59-78,57-60-79)58-61-80;3*3-2(4,5)1(6)7/h34-37,42-49H,4-33,50-64,78-80H2,1-3H3,(H,81,86)(H,82,87)(H,83,88)(H,84,89)(H,85,90);3*(H,6,7). The summed E-state index contributed by atoms with van der Waals surface area (Å²) in [5.74, 6) is 3.76. The molecule has 0 radical (unpaired) electrons. The topological polar surface area (TPSA) is 335 Å². The van der Waals surface area contributed by atoms with Crippen molar-refractivity contribution in [1.82, 2.24) is 26.6 Å². The van der Waals surface area contributed by atoms with Crippen molar-refractivity contribution in [3.8, 4) is 23.7 Å². The van der Waals surface area contributed by atoms with E-state index in [1.165, 1.54) is 135 Å². The van der Waals surface area contributed by atoms with Crippen molar-refractivity contribution in [2.75, 3.05) is 39.3 Å². The lowest BCUT2D eigenvalue weighted by Gasteiger charge is -2.35. The lowest BCUT2D eigenvalue weighted by molar-refractivity contribution is -0.193. The predicted octanol–water partition coefficient (Wildman–Crippen LogP) is 16.8. The fourth-order valence-corrected chi connectivity index (χ4v) is 11.8. The summed E-state index contributed by atoms with van der Waals surface area (Å²) in [6.45, 7) is 9.77. The Balaban J connectivity index is 0.00000501. The van der Waals surface area contributed by atoms with Gasteiger partial charge >= 0.3 is 36.4 Å². The molecule has 0 saturated carbocycles. The summed E-state index contributed by atoms with van der Waals surface area (Å²) in [5, 5.41) is 37.3. The number of nitrogens with two attached hydrogens (primary N) is 3. The van der Waals surface area contributed by atoms with Crippen molar-refractivity contribution in [3.05, 3.63) is 106 Å². The fourth-order valence-electron chi connectivity index (χ4n) is 11.8. The zero-order valence-electron chi connectivity index (χ0n) is 65.5. The van der Waals surface area contributed by atoms with Gasteiger partial charge in [0.05, 0.1) is 0 Å². The number of aliphatic carboxylic acids is 3. The number of nitrogens with one attached hydrogen (secondary N) is 5. The summed E-state index contributed by atoms with van der Waals surface area (Å²) in [7, 11) is 0. The maximum absolute atomic E-state index is 14.5. The molecule has 0 saturated heterocycles. The largest absolute Gasteiger partial charge is 0.490 e. The van der Waals surface area contributed by atoms with Gasteiger partial charge in [0, 0.05) is 83.4 Å². The number of amides is 5. The van der Waals surface area contributed by atoms with Crippen LogP contribution in [0.25, 0.3) is 0 Å². The van der Waals surface area contributed by atoms with E-state index in [2.05, 4.69) is 71.0 Å². The minimum Gasteiger partial charge on any atom is -0.475 e. The number of hydrogen-bond acceptors (Lipinski definition) is 11. The average molecular weight is 1580 g/mol. The highest BCUT2D eigenvalue weighted by molar-refractivity contribution is 5.95. The Morgan fingerprint density at radius 1 is 0.306 bits per heavy atom. The van der Waals surface area contributed by atoms with Crippen LogP contribution in [-0.2, 0) is 28.8 Å². The van der Waals surface area contributed by atoms with Crippen LogP contribution in [0.4, 0.5) is 39.5 Å². The Hall–Kier alpha value is -8.21. The Kier molecular flexibility index (Phi) is 56.8. The molecule has 19 nitrogen and oxygen atoms in total. The van der Waals surface area contributed by atoms with Gasteiger partial charge in [-0.3, -0.25) is 24.0 Å². The number of alkyl halides is 9. The monoisotopic (exact) mass is 1580 g/mol. The number of benzene rings is 3. The molecule has 28 heteroatoms. The molecule has 0 fully saturated rings. The number of carboxylic acids is 3. The lowest BCUT2D eigenvalue weighted by Crippen LogP contribution is -2.52. The molecule has 0 aliphatic carbocycles. The highest BCUT2D eigenvalue weighted by Crippen LogP contribution is 2.28. The molecule has 5 amide bonds. The van der Waals surface area contributed by atoms with Crippen molar-refractivity contribution >= 4 is 47.4 Å². The molecule has 14 N–H and O–H groups in total. The third-order valence-electron chi connectivity index (χ3n) is 18.3. The second-order valence-corrected chi connectivity index (χ2v) is 27.8. The minimum absolute atomic E-state index is 0.0927. The average Bonchev–Trinajstić information content (AvgIpc) is 0.836. The van der Waals surface area contributed by atoms with E-state index in [-0.39, 0.29) is 68.1 Å². The zero-order chi connectivity index (χ0) is 83.3. The molecule has 3 rings (SSSR count). The lowest BCUT2D eigenvalue weighted by atomic mass is 9.82. The van der Waals surface area contributed by atoms with Crippen molar-refractivity contribution in [3.63, 3.8) is 0 Å². The molecule has 0 aromatic heterocycles. The highest BCUT2D eigenvalue weighted by Gasteiger charge is 2.40. The van der Waals surface area contributed by atoms with Gasteiger partial charge in [-0.25, -0.2) is 14.4 Å². The second-order valence-electron chi connectivity index (χ2n) is 27.8. The van der Waals surface area contributed by atoms with Gasteiger partial charge in [0.25, 0.3) is 11.8 Å². The SMILES string of the molecule is CCCCCCCCCCCCNC(=O)CCC(CCC(=O)NCCCCCCCCCCCC)(CCC(=O)NCCCCCCCCCCCC)NC(=O)c1ccc(C#Cc2ccc(C#Cc3ccc(C(=O)NC(CCN)(CCN)CCN)cc3)cc2)cc1.O=C(O)C(F)(F)F.O=C(O)C(F)(F)F.O=C(O)C(F)(F)F. The van der Waals surface area contributed by atoms with Gasteiger partial charge in [0.2, 0.25) is 17.7 Å². The van der Waals surface area contributed by atoms with Gasteiger partial charge in [-0.15, -0.1) is 0 Å². The molecule has 111 heavy (non-hydrogen) atoms. The van der Waals surface area contributed by atoms with Gasteiger partial charge in [-0.05, 0) is 150 Å². The van der Waals surface area contributed by atoms with E-state index in [9.17, 15) is 63.5 Å². The summed E-state index contributed by atoms with van der Waals surface area (Å²) in [4.78, 5) is 95.2. The van der Waals surface area contributed by atoms with E-state index in [0.717, 1.165) is 80.0 Å². The summed E-state index contributed by atoms with van der Waals surface area (Å²) < 4.78 is 95.2. The summed E-state index contributed by atoms with van der Waals surface area (Å²) in [6, 6.07) is 22.0. The summed E-state index contributed by atoms with van der Waals surface area (Å²) in [5.41, 5.74) is 20.1. The van der Waals surface area contributed by atoms with Crippen LogP contribution in [0, 0.1) is 23.7 Å². The Labute approximate surface area is 651 Å². The molecule has 0 aliphatic rings. The first-order chi connectivity index (χ1) is 52.8. The van der Waals surface area contributed by atoms with Crippen LogP contribution < -0.4 is 43.8 Å². The number of unbranched alkanes of at least 4 members (excludes halogenated alkanes) is 27. The van der Waals surface area contributed by atoms with Gasteiger partial charge in [0.15, 0.2) is 0 Å². The molecular weight excluding hydrogens is 1460 g/mol. The van der Waals surface area contributed by atoms with Crippen LogP contribution in [0.2, 0.25) is 0 Å². The molecule has 0 atom stereocenters. The highest BCUT2D eigenvalue weighted by atomic mass is 19.4. The normalized spacial score (nSPS) is 11.3. The van der Waals surface area contributed by atoms with Crippen molar-refractivity contribution in [2.24, 2.45) is 17.2 Å². The molecule has 0 heterocycles. The minimum atomic E-state index is -5.08. The maximum Gasteiger partial charge on any atom is 0.490 e. The molecule has 3 aromatic rings. The molecule has 0 unspecified atom stereocenters. The molecule has 3 aromatic carbocycles. The number of carbonyl (C=O) groups is 8. The molecular formula is C83H125F9N8O11. The number of carboxylic acid groups (broad SMARTS) is 3. The van der Waals surface area contributed by atoms with Crippen LogP contribution in [0.3, 0.4) is 0 Å². The van der Waals surface area contributed by atoms with Crippen molar-refractivity contribution < 1.29 is 93.2 Å². The molecule has 0 spiro atoms. The number of hydrogen-bond donors (Lipinski definition) is 11. The second kappa shape index (κ2) is 61.4. The van der Waals surface area contributed by atoms with Crippen molar-refractivity contribution in [1.29, 1.82) is 0 Å². The quantitative estimate of drug-likeness (QED) is 0.0142. The van der Waals surface area contributed by atoms with Crippen molar-refractivity contribution in [2.45, 2.75) is 301 Å². The van der Waals surface area contributed by atoms with E-state index in [1.807, 2.05) is 48.5 Å². The van der Waals surface area contributed by atoms with Gasteiger partial charge in [-0.2, -0.15) is 39.5 Å². The first kappa shape index (κ1) is 103. The first-order valence-electron chi connectivity index (χ1n) is 39.6. The van der Waals surface area contributed by atoms with E-state index in [4.69, 9.17) is 46.9 Å². The predicted molar refractivity (Wildman–Crippen MR) is 416 cm³/mol. The fraction of sp³-hybridized carbons (Fsp3) is 0.639. The third kappa shape index (κ3) is 54.2. The third-order valence-corrected chi connectivity index (χ3v) is 18.3. The van der Waals surface area contributed by atoms with Crippen LogP contribution in [-0.4, -0.2) is 132 Å². The van der Waals surface area contributed by atoms with Gasteiger partial charge in [0.1, 0.15) is 0 Å². The van der Waals surface area contributed by atoms with Crippen LogP contribution in [0.1, 0.15) is 314 Å². The summed E-state index contributed by atoms with van der Waals surface area (Å²) >= 11 is 0. The van der Waals surface area contributed by atoms with Crippen LogP contribution in [0.15, 0.2) is 72.8 Å².